The normalized spacial score (nSPS) is 17.5. The number of nitrogens with two attached hydrogens (primary N) is 1. The lowest BCUT2D eigenvalue weighted by atomic mass is 9.92. The Kier molecular flexibility index (Phi) is 4.65. The van der Waals surface area contributed by atoms with Crippen molar-refractivity contribution in [3.63, 3.8) is 0 Å². The van der Waals surface area contributed by atoms with Crippen LogP contribution < -0.4 is 15.8 Å². The van der Waals surface area contributed by atoms with E-state index in [1.165, 1.54) is 18.4 Å². The second kappa shape index (κ2) is 6.27. The molecule has 2 rings (SSSR count). The van der Waals surface area contributed by atoms with E-state index in [0.717, 1.165) is 24.6 Å². The van der Waals surface area contributed by atoms with Crippen LogP contribution in [-0.4, -0.2) is 25.1 Å². The standard InChI is InChI=1S/C16H24N2O2/c1-16(15(17)19,18-11-13-3-4-13)10-9-12-5-7-14(20-2)8-6-12/h5-8,13,18H,3-4,9-11H2,1-2H3,(H2,17,19). The molecule has 1 amide bonds. The van der Waals surface area contributed by atoms with Gasteiger partial charge in [-0.2, -0.15) is 0 Å². The maximum atomic E-state index is 11.7. The van der Waals surface area contributed by atoms with Gasteiger partial charge in [0.25, 0.3) is 0 Å². The van der Waals surface area contributed by atoms with Crippen molar-refractivity contribution in [2.75, 3.05) is 13.7 Å². The summed E-state index contributed by atoms with van der Waals surface area (Å²) in [6.45, 7) is 2.79. The predicted molar refractivity (Wildman–Crippen MR) is 79.6 cm³/mol. The van der Waals surface area contributed by atoms with Gasteiger partial charge < -0.3 is 15.8 Å². The second-order valence-corrected chi connectivity index (χ2v) is 5.87. The number of primary amides is 1. The van der Waals surface area contributed by atoms with Crippen LogP contribution in [0.1, 0.15) is 31.7 Å². The van der Waals surface area contributed by atoms with E-state index in [1.807, 2.05) is 31.2 Å². The summed E-state index contributed by atoms with van der Waals surface area (Å²) in [7, 11) is 1.65. The molecule has 0 aliphatic heterocycles. The Morgan fingerprint density at radius 1 is 1.40 bits per heavy atom. The Balaban J connectivity index is 1.90. The highest BCUT2D eigenvalue weighted by atomic mass is 16.5. The minimum Gasteiger partial charge on any atom is -0.497 e. The lowest BCUT2D eigenvalue weighted by molar-refractivity contribution is -0.124. The van der Waals surface area contributed by atoms with Crippen molar-refractivity contribution in [2.45, 2.75) is 38.1 Å². The molecular weight excluding hydrogens is 252 g/mol. The van der Waals surface area contributed by atoms with Crippen molar-refractivity contribution in [3.05, 3.63) is 29.8 Å². The zero-order chi connectivity index (χ0) is 14.6. The molecule has 0 saturated heterocycles. The molecule has 1 aromatic rings. The fourth-order valence-corrected chi connectivity index (χ4v) is 2.18. The number of hydrogen-bond acceptors (Lipinski definition) is 3. The van der Waals surface area contributed by atoms with Gasteiger partial charge in [-0.25, -0.2) is 0 Å². The van der Waals surface area contributed by atoms with E-state index >= 15 is 0 Å². The molecule has 1 atom stereocenters. The number of amides is 1. The molecule has 0 bridgehead atoms. The average molecular weight is 276 g/mol. The van der Waals surface area contributed by atoms with Gasteiger partial charge >= 0.3 is 0 Å². The first-order valence-corrected chi connectivity index (χ1v) is 7.21. The number of ether oxygens (including phenoxy) is 1. The highest BCUT2D eigenvalue weighted by molar-refractivity contribution is 5.84. The Morgan fingerprint density at radius 3 is 2.55 bits per heavy atom. The van der Waals surface area contributed by atoms with Crippen molar-refractivity contribution >= 4 is 5.91 Å². The molecule has 1 aliphatic carbocycles. The van der Waals surface area contributed by atoms with E-state index < -0.39 is 5.54 Å². The van der Waals surface area contributed by atoms with Crippen molar-refractivity contribution in [1.29, 1.82) is 0 Å². The molecule has 1 saturated carbocycles. The van der Waals surface area contributed by atoms with Gasteiger partial charge in [-0.05, 0) is 62.8 Å². The minimum absolute atomic E-state index is 0.272. The molecule has 0 heterocycles. The summed E-state index contributed by atoms with van der Waals surface area (Å²) < 4.78 is 5.14. The third-order valence-electron chi connectivity index (χ3n) is 4.09. The largest absolute Gasteiger partial charge is 0.497 e. The Labute approximate surface area is 120 Å². The maximum Gasteiger partial charge on any atom is 0.237 e. The van der Waals surface area contributed by atoms with E-state index in [1.54, 1.807) is 7.11 Å². The van der Waals surface area contributed by atoms with Crippen molar-refractivity contribution in [1.82, 2.24) is 5.32 Å². The molecule has 3 N–H and O–H groups in total. The SMILES string of the molecule is COc1ccc(CCC(C)(NCC2CC2)C(N)=O)cc1. The van der Waals surface area contributed by atoms with Crippen LogP contribution in [0.3, 0.4) is 0 Å². The van der Waals surface area contributed by atoms with Gasteiger partial charge in [-0.3, -0.25) is 4.79 Å². The summed E-state index contributed by atoms with van der Waals surface area (Å²) in [6, 6.07) is 7.94. The molecule has 4 heteroatoms. The van der Waals surface area contributed by atoms with Gasteiger partial charge in [0.2, 0.25) is 5.91 Å². The van der Waals surface area contributed by atoms with Crippen LogP contribution in [0.5, 0.6) is 5.75 Å². The molecule has 20 heavy (non-hydrogen) atoms. The number of aryl methyl sites for hydroxylation is 1. The van der Waals surface area contributed by atoms with Crippen LogP contribution in [-0.2, 0) is 11.2 Å². The van der Waals surface area contributed by atoms with Gasteiger partial charge in [0.05, 0.1) is 12.6 Å². The third kappa shape index (κ3) is 3.97. The van der Waals surface area contributed by atoms with Crippen LogP contribution in [0.2, 0.25) is 0 Å². The molecule has 1 fully saturated rings. The Hall–Kier alpha value is -1.55. The molecule has 1 unspecified atom stereocenters. The molecule has 4 nitrogen and oxygen atoms in total. The number of nitrogens with one attached hydrogen (secondary N) is 1. The fourth-order valence-electron chi connectivity index (χ4n) is 2.18. The zero-order valence-corrected chi connectivity index (χ0v) is 12.3. The average Bonchev–Trinajstić information content (AvgIpc) is 3.27. The summed E-state index contributed by atoms with van der Waals surface area (Å²) in [5.41, 5.74) is 6.13. The second-order valence-electron chi connectivity index (χ2n) is 5.87. The number of hydrogen-bond donors (Lipinski definition) is 2. The minimum atomic E-state index is -0.623. The number of rotatable bonds is 8. The third-order valence-corrected chi connectivity index (χ3v) is 4.09. The smallest absolute Gasteiger partial charge is 0.237 e. The van der Waals surface area contributed by atoms with E-state index in [2.05, 4.69) is 5.32 Å². The zero-order valence-electron chi connectivity index (χ0n) is 12.3. The molecule has 110 valence electrons. The molecule has 0 aromatic heterocycles. The van der Waals surface area contributed by atoms with Gasteiger partial charge in [-0.1, -0.05) is 12.1 Å². The summed E-state index contributed by atoms with van der Waals surface area (Å²) in [5.74, 6) is 1.31. The highest BCUT2D eigenvalue weighted by Crippen LogP contribution is 2.28. The highest BCUT2D eigenvalue weighted by Gasteiger charge is 2.32. The Morgan fingerprint density at radius 2 is 2.05 bits per heavy atom. The van der Waals surface area contributed by atoms with Gasteiger partial charge in [0.15, 0.2) is 0 Å². The van der Waals surface area contributed by atoms with Gasteiger partial charge in [0, 0.05) is 0 Å². The quantitative estimate of drug-likeness (QED) is 0.762. The number of carbonyl (C=O) groups is 1. The first-order valence-electron chi connectivity index (χ1n) is 7.21. The summed E-state index contributed by atoms with van der Waals surface area (Å²) in [4.78, 5) is 11.7. The number of benzene rings is 1. The first-order chi connectivity index (χ1) is 9.53. The lowest BCUT2D eigenvalue weighted by Crippen LogP contribution is -2.54. The summed E-state index contributed by atoms with van der Waals surface area (Å²) >= 11 is 0. The van der Waals surface area contributed by atoms with Crippen LogP contribution in [0.15, 0.2) is 24.3 Å². The molecule has 0 spiro atoms. The van der Waals surface area contributed by atoms with Crippen molar-refractivity contribution in [2.24, 2.45) is 11.7 Å². The van der Waals surface area contributed by atoms with Crippen LogP contribution >= 0.6 is 0 Å². The van der Waals surface area contributed by atoms with E-state index in [-0.39, 0.29) is 5.91 Å². The summed E-state index contributed by atoms with van der Waals surface area (Å²) in [6.07, 6.45) is 4.06. The van der Waals surface area contributed by atoms with Crippen LogP contribution in [0.25, 0.3) is 0 Å². The van der Waals surface area contributed by atoms with Crippen LogP contribution in [0, 0.1) is 5.92 Å². The van der Waals surface area contributed by atoms with E-state index in [9.17, 15) is 4.79 Å². The van der Waals surface area contributed by atoms with E-state index in [0.29, 0.717) is 6.42 Å². The monoisotopic (exact) mass is 276 g/mol. The predicted octanol–water partition coefficient (Wildman–Crippen LogP) is 1.87. The summed E-state index contributed by atoms with van der Waals surface area (Å²) in [5, 5.41) is 3.35. The first kappa shape index (κ1) is 14.9. The van der Waals surface area contributed by atoms with Gasteiger partial charge in [0.1, 0.15) is 5.75 Å². The van der Waals surface area contributed by atoms with Crippen LogP contribution in [0.4, 0.5) is 0 Å². The molecule has 1 aliphatic rings. The van der Waals surface area contributed by atoms with Crippen molar-refractivity contribution < 1.29 is 9.53 Å². The molecular formula is C16H24N2O2. The molecule has 0 radical (unpaired) electrons. The van der Waals surface area contributed by atoms with Gasteiger partial charge in [-0.15, -0.1) is 0 Å². The maximum absolute atomic E-state index is 11.7. The van der Waals surface area contributed by atoms with Crippen molar-refractivity contribution in [3.8, 4) is 5.75 Å². The number of carbonyl (C=O) groups excluding carboxylic acids is 1. The Bertz CT molecular complexity index is 454. The van der Waals surface area contributed by atoms with E-state index in [4.69, 9.17) is 10.5 Å². The topological polar surface area (TPSA) is 64.3 Å². The molecule has 1 aromatic carbocycles. The lowest BCUT2D eigenvalue weighted by Gasteiger charge is -2.27. The fraction of sp³-hybridized carbons (Fsp3) is 0.562. The number of methoxy groups -OCH3 is 1.